The second-order valence-electron chi connectivity index (χ2n) is 5.01. The molecule has 2 unspecified atom stereocenters. The van der Waals surface area contributed by atoms with Crippen LogP contribution in [0.4, 0.5) is 0 Å². The lowest BCUT2D eigenvalue weighted by Gasteiger charge is -2.27. The summed E-state index contributed by atoms with van der Waals surface area (Å²) in [5.74, 6) is 2.11. The number of ketones is 1. The minimum atomic E-state index is 0.319. The minimum Gasteiger partial charge on any atom is -0.330 e. The molecule has 2 atom stereocenters. The molecule has 1 aliphatic carbocycles. The lowest BCUT2D eigenvalue weighted by Crippen LogP contribution is -2.29. The average Bonchev–Trinajstić information content (AvgIpc) is 2.16. The van der Waals surface area contributed by atoms with E-state index < -0.39 is 0 Å². The van der Waals surface area contributed by atoms with E-state index in [-0.39, 0.29) is 0 Å². The third-order valence-corrected chi connectivity index (χ3v) is 3.30. The first kappa shape index (κ1) is 11.7. The van der Waals surface area contributed by atoms with Crippen LogP contribution in [0.15, 0.2) is 0 Å². The van der Waals surface area contributed by atoms with E-state index >= 15 is 0 Å². The highest BCUT2D eigenvalue weighted by molar-refractivity contribution is 5.81. The van der Waals surface area contributed by atoms with Gasteiger partial charge in [0.25, 0.3) is 0 Å². The van der Waals surface area contributed by atoms with Crippen molar-refractivity contribution >= 4 is 5.78 Å². The molecule has 0 spiro atoms. The maximum atomic E-state index is 11.6. The molecule has 0 amide bonds. The summed E-state index contributed by atoms with van der Waals surface area (Å²) in [5.41, 5.74) is 5.66. The fourth-order valence-corrected chi connectivity index (χ4v) is 2.23. The predicted molar refractivity (Wildman–Crippen MR) is 59.0 cm³/mol. The van der Waals surface area contributed by atoms with Crippen LogP contribution in [0.5, 0.6) is 0 Å². The summed E-state index contributed by atoms with van der Waals surface area (Å²) in [6.45, 7) is 5.19. The summed E-state index contributed by atoms with van der Waals surface area (Å²) in [6.07, 6.45) is 5.08. The highest BCUT2D eigenvalue weighted by Gasteiger charge is 2.27. The van der Waals surface area contributed by atoms with Crippen molar-refractivity contribution in [3.63, 3.8) is 0 Å². The quantitative estimate of drug-likeness (QED) is 0.752. The van der Waals surface area contributed by atoms with E-state index in [0.29, 0.717) is 23.5 Å². The van der Waals surface area contributed by atoms with Crippen LogP contribution in [0.2, 0.25) is 0 Å². The van der Waals surface area contributed by atoms with Crippen molar-refractivity contribution in [1.82, 2.24) is 0 Å². The third-order valence-electron chi connectivity index (χ3n) is 3.30. The highest BCUT2D eigenvalue weighted by Crippen LogP contribution is 2.29. The molecule has 1 fully saturated rings. The fourth-order valence-electron chi connectivity index (χ4n) is 2.23. The molecule has 1 rings (SSSR count). The molecule has 82 valence electrons. The molecule has 0 bridgehead atoms. The van der Waals surface area contributed by atoms with E-state index in [4.69, 9.17) is 5.73 Å². The van der Waals surface area contributed by atoms with Gasteiger partial charge in [-0.2, -0.15) is 0 Å². The van der Waals surface area contributed by atoms with E-state index in [1.54, 1.807) is 0 Å². The average molecular weight is 197 g/mol. The Kier molecular flexibility index (Phi) is 4.59. The van der Waals surface area contributed by atoms with Gasteiger partial charge in [-0.3, -0.25) is 4.79 Å². The van der Waals surface area contributed by atoms with Crippen molar-refractivity contribution in [1.29, 1.82) is 0 Å². The molecular weight excluding hydrogens is 174 g/mol. The van der Waals surface area contributed by atoms with Crippen LogP contribution in [0.25, 0.3) is 0 Å². The SMILES string of the molecule is CC(C)CCC1CC(CN)CCC1=O. The Balaban J connectivity index is 2.36. The molecule has 0 aromatic carbocycles. The number of Topliss-reactive ketones (excluding diaryl/α,β-unsaturated/α-hetero) is 1. The van der Waals surface area contributed by atoms with E-state index in [9.17, 15) is 4.79 Å². The lowest BCUT2D eigenvalue weighted by atomic mass is 9.78. The van der Waals surface area contributed by atoms with Crippen LogP contribution in [-0.4, -0.2) is 12.3 Å². The molecule has 1 saturated carbocycles. The van der Waals surface area contributed by atoms with Crippen molar-refractivity contribution in [3.05, 3.63) is 0 Å². The second-order valence-corrected chi connectivity index (χ2v) is 5.01. The van der Waals surface area contributed by atoms with Gasteiger partial charge in [0.2, 0.25) is 0 Å². The van der Waals surface area contributed by atoms with E-state index in [1.807, 2.05) is 0 Å². The largest absolute Gasteiger partial charge is 0.330 e. The second kappa shape index (κ2) is 5.50. The van der Waals surface area contributed by atoms with Crippen LogP contribution in [0, 0.1) is 17.8 Å². The number of rotatable bonds is 4. The van der Waals surface area contributed by atoms with Gasteiger partial charge in [-0.25, -0.2) is 0 Å². The van der Waals surface area contributed by atoms with Crippen LogP contribution in [0.1, 0.15) is 46.0 Å². The van der Waals surface area contributed by atoms with Gasteiger partial charge < -0.3 is 5.73 Å². The molecule has 0 aromatic rings. The molecule has 1 aliphatic rings. The smallest absolute Gasteiger partial charge is 0.135 e. The zero-order valence-corrected chi connectivity index (χ0v) is 9.46. The van der Waals surface area contributed by atoms with Gasteiger partial charge in [0.15, 0.2) is 0 Å². The number of carbonyl (C=O) groups excluding carboxylic acids is 1. The van der Waals surface area contributed by atoms with Crippen molar-refractivity contribution in [3.8, 4) is 0 Å². The zero-order valence-electron chi connectivity index (χ0n) is 9.46. The van der Waals surface area contributed by atoms with Gasteiger partial charge in [-0.1, -0.05) is 20.3 Å². The van der Waals surface area contributed by atoms with Crippen molar-refractivity contribution in [2.75, 3.05) is 6.54 Å². The summed E-state index contributed by atoms with van der Waals surface area (Å²) in [6, 6.07) is 0. The van der Waals surface area contributed by atoms with Gasteiger partial charge in [0.1, 0.15) is 5.78 Å². The molecule has 0 heterocycles. The summed E-state index contributed by atoms with van der Waals surface area (Å²) in [4.78, 5) is 11.6. The number of nitrogens with two attached hydrogens (primary N) is 1. The van der Waals surface area contributed by atoms with Gasteiger partial charge >= 0.3 is 0 Å². The third kappa shape index (κ3) is 3.41. The van der Waals surface area contributed by atoms with Gasteiger partial charge in [-0.05, 0) is 37.6 Å². The van der Waals surface area contributed by atoms with E-state index in [2.05, 4.69) is 13.8 Å². The fraction of sp³-hybridized carbons (Fsp3) is 0.917. The molecule has 0 saturated heterocycles. The number of hydrogen-bond donors (Lipinski definition) is 1. The standard InChI is InChI=1S/C12H23NO/c1-9(2)3-5-11-7-10(8-13)4-6-12(11)14/h9-11H,3-8,13H2,1-2H3. The Morgan fingerprint density at radius 2 is 2.21 bits per heavy atom. The van der Waals surface area contributed by atoms with E-state index in [0.717, 1.165) is 32.2 Å². The highest BCUT2D eigenvalue weighted by atomic mass is 16.1. The summed E-state index contributed by atoms with van der Waals surface area (Å²) in [7, 11) is 0. The van der Waals surface area contributed by atoms with Gasteiger partial charge in [0, 0.05) is 12.3 Å². The van der Waals surface area contributed by atoms with Crippen LogP contribution in [-0.2, 0) is 4.79 Å². The topological polar surface area (TPSA) is 43.1 Å². The maximum Gasteiger partial charge on any atom is 0.135 e. The Bertz CT molecular complexity index is 189. The maximum absolute atomic E-state index is 11.6. The van der Waals surface area contributed by atoms with Crippen molar-refractivity contribution < 1.29 is 4.79 Å². The Morgan fingerprint density at radius 1 is 1.50 bits per heavy atom. The molecular formula is C12H23NO. The Labute approximate surface area is 87.2 Å². The van der Waals surface area contributed by atoms with E-state index in [1.165, 1.54) is 6.42 Å². The Morgan fingerprint density at radius 3 is 2.79 bits per heavy atom. The van der Waals surface area contributed by atoms with Gasteiger partial charge in [0.05, 0.1) is 0 Å². The molecule has 0 aliphatic heterocycles. The molecule has 2 heteroatoms. The first-order chi connectivity index (χ1) is 6.63. The predicted octanol–water partition coefficient (Wildman–Crippen LogP) is 2.37. The van der Waals surface area contributed by atoms with Crippen LogP contribution in [0.3, 0.4) is 0 Å². The molecule has 0 radical (unpaired) electrons. The lowest BCUT2D eigenvalue weighted by molar-refractivity contribution is -0.125. The molecule has 2 nitrogen and oxygen atoms in total. The molecule has 0 aromatic heterocycles. The number of carbonyl (C=O) groups is 1. The molecule has 2 N–H and O–H groups in total. The minimum absolute atomic E-state index is 0.319. The van der Waals surface area contributed by atoms with Crippen molar-refractivity contribution in [2.24, 2.45) is 23.5 Å². The zero-order chi connectivity index (χ0) is 10.6. The van der Waals surface area contributed by atoms with Crippen molar-refractivity contribution in [2.45, 2.75) is 46.0 Å². The Hall–Kier alpha value is -0.370. The normalized spacial score (nSPS) is 28.4. The summed E-state index contributed by atoms with van der Waals surface area (Å²) >= 11 is 0. The number of hydrogen-bond acceptors (Lipinski definition) is 2. The van der Waals surface area contributed by atoms with Crippen LogP contribution >= 0.6 is 0 Å². The first-order valence-electron chi connectivity index (χ1n) is 5.86. The molecule has 14 heavy (non-hydrogen) atoms. The summed E-state index contributed by atoms with van der Waals surface area (Å²) in [5, 5.41) is 0. The monoisotopic (exact) mass is 197 g/mol. The van der Waals surface area contributed by atoms with Gasteiger partial charge in [-0.15, -0.1) is 0 Å². The summed E-state index contributed by atoms with van der Waals surface area (Å²) < 4.78 is 0. The first-order valence-corrected chi connectivity index (χ1v) is 5.86. The van der Waals surface area contributed by atoms with Crippen LogP contribution < -0.4 is 5.73 Å².